The number of aryl methyl sites for hydroxylation is 1. The summed E-state index contributed by atoms with van der Waals surface area (Å²) in [5, 5.41) is 11.2. The standard InChI is InChI=1S/C38H39NO3/c40-38(35-19-10-20-37(26-35)42-30-34-16-8-3-9-17-34)28-39(27-32-12-4-1-5-13-32)25-11-18-31-21-23-36(24-22-31)41-29-33-14-6-2-7-15-33/h1-10,12-17,19-24,26,38,40H,11,18,25,27-30H2/t38-/m0/s1. The molecule has 5 aromatic rings. The topological polar surface area (TPSA) is 41.9 Å². The Kier molecular flexibility index (Phi) is 10.8. The van der Waals surface area contributed by atoms with Crippen LogP contribution in [0.1, 0.15) is 40.3 Å². The van der Waals surface area contributed by atoms with Crippen LogP contribution >= 0.6 is 0 Å². The average molecular weight is 558 g/mol. The van der Waals surface area contributed by atoms with Gasteiger partial charge < -0.3 is 14.6 Å². The molecule has 1 atom stereocenters. The van der Waals surface area contributed by atoms with Crippen LogP contribution in [0.3, 0.4) is 0 Å². The highest BCUT2D eigenvalue weighted by atomic mass is 16.5. The summed E-state index contributed by atoms with van der Waals surface area (Å²) in [6.07, 6.45) is 1.34. The lowest BCUT2D eigenvalue weighted by atomic mass is 10.1. The van der Waals surface area contributed by atoms with E-state index in [9.17, 15) is 5.11 Å². The lowest BCUT2D eigenvalue weighted by Gasteiger charge is -2.26. The first-order valence-corrected chi connectivity index (χ1v) is 14.7. The predicted molar refractivity (Wildman–Crippen MR) is 169 cm³/mol. The maximum atomic E-state index is 11.2. The summed E-state index contributed by atoms with van der Waals surface area (Å²) in [6, 6.07) is 47.0. The summed E-state index contributed by atoms with van der Waals surface area (Å²) in [7, 11) is 0. The van der Waals surface area contributed by atoms with Gasteiger partial charge >= 0.3 is 0 Å². The third-order valence-electron chi connectivity index (χ3n) is 7.28. The molecule has 0 saturated heterocycles. The van der Waals surface area contributed by atoms with E-state index in [4.69, 9.17) is 9.47 Å². The van der Waals surface area contributed by atoms with Gasteiger partial charge in [-0.1, -0.05) is 115 Å². The number of aliphatic hydroxyl groups is 1. The fourth-order valence-corrected chi connectivity index (χ4v) is 4.98. The maximum absolute atomic E-state index is 11.2. The van der Waals surface area contributed by atoms with Crippen molar-refractivity contribution < 1.29 is 14.6 Å². The lowest BCUT2D eigenvalue weighted by Crippen LogP contribution is -2.29. The number of hydrogen-bond donors (Lipinski definition) is 1. The fourth-order valence-electron chi connectivity index (χ4n) is 4.98. The third-order valence-corrected chi connectivity index (χ3v) is 7.28. The average Bonchev–Trinajstić information content (AvgIpc) is 3.05. The van der Waals surface area contributed by atoms with Crippen LogP contribution in [0.15, 0.2) is 140 Å². The Balaban J connectivity index is 1.15. The quantitative estimate of drug-likeness (QED) is 0.142. The van der Waals surface area contributed by atoms with Crippen molar-refractivity contribution in [2.75, 3.05) is 13.1 Å². The van der Waals surface area contributed by atoms with E-state index in [1.165, 1.54) is 11.1 Å². The highest BCUT2D eigenvalue weighted by Gasteiger charge is 2.15. The molecule has 0 aromatic heterocycles. The molecule has 0 heterocycles. The Morgan fingerprint density at radius 1 is 0.548 bits per heavy atom. The molecule has 42 heavy (non-hydrogen) atoms. The Morgan fingerprint density at radius 2 is 1.12 bits per heavy atom. The minimum Gasteiger partial charge on any atom is -0.489 e. The molecular formula is C38H39NO3. The molecule has 0 aliphatic rings. The van der Waals surface area contributed by atoms with Crippen LogP contribution < -0.4 is 9.47 Å². The van der Waals surface area contributed by atoms with Crippen molar-refractivity contribution in [2.24, 2.45) is 0 Å². The van der Waals surface area contributed by atoms with E-state index >= 15 is 0 Å². The summed E-state index contributed by atoms with van der Waals surface area (Å²) in [4.78, 5) is 2.34. The Labute approximate surface area is 249 Å². The van der Waals surface area contributed by atoms with Crippen LogP contribution in [-0.2, 0) is 26.2 Å². The Hall–Kier alpha value is -4.38. The van der Waals surface area contributed by atoms with Gasteiger partial charge in [-0.05, 0) is 71.5 Å². The molecule has 1 N–H and O–H groups in total. The monoisotopic (exact) mass is 557 g/mol. The zero-order valence-electron chi connectivity index (χ0n) is 24.0. The van der Waals surface area contributed by atoms with E-state index in [1.807, 2.05) is 78.9 Å². The van der Waals surface area contributed by atoms with Crippen LogP contribution in [0.25, 0.3) is 0 Å². The summed E-state index contributed by atoms with van der Waals surface area (Å²) in [6.45, 7) is 3.28. The van der Waals surface area contributed by atoms with Gasteiger partial charge in [0.2, 0.25) is 0 Å². The number of ether oxygens (including phenoxy) is 2. The van der Waals surface area contributed by atoms with Gasteiger partial charge in [-0.25, -0.2) is 0 Å². The van der Waals surface area contributed by atoms with Gasteiger partial charge in [0.25, 0.3) is 0 Å². The molecule has 5 aromatic carbocycles. The van der Waals surface area contributed by atoms with Crippen molar-refractivity contribution in [3.8, 4) is 11.5 Å². The SMILES string of the molecule is O[C@@H](CN(CCCc1ccc(OCc2ccccc2)cc1)Cc1ccccc1)c1cccc(OCc2ccccc2)c1. The third kappa shape index (κ3) is 9.34. The number of nitrogens with zero attached hydrogens (tertiary/aromatic N) is 1. The van der Waals surface area contributed by atoms with Crippen molar-refractivity contribution in [1.29, 1.82) is 0 Å². The zero-order chi connectivity index (χ0) is 28.8. The minimum atomic E-state index is -0.616. The second-order valence-electron chi connectivity index (χ2n) is 10.6. The van der Waals surface area contributed by atoms with Crippen molar-refractivity contribution in [1.82, 2.24) is 4.90 Å². The molecule has 4 nitrogen and oxygen atoms in total. The molecule has 0 saturated carbocycles. The van der Waals surface area contributed by atoms with Gasteiger partial charge in [0.15, 0.2) is 0 Å². The van der Waals surface area contributed by atoms with Gasteiger partial charge in [0.05, 0.1) is 6.10 Å². The molecule has 214 valence electrons. The van der Waals surface area contributed by atoms with E-state index in [2.05, 4.69) is 65.6 Å². The van der Waals surface area contributed by atoms with E-state index in [-0.39, 0.29) is 0 Å². The van der Waals surface area contributed by atoms with E-state index < -0.39 is 6.10 Å². The zero-order valence-corrected chi connectivity index (χ0v) is 24.0. The van der Waals surface area contributed by atoms with Crippen LogP contribution in [0.5, 0.6) is 11.5 Å². The predicted octanol–water partition coefficient (Wildman–Crippen LogP) is 8.01. The molecular weight excluding hydrogens is 518 g/mol. The van der Waals surface area contributed by atoms with Gasteiger partial charge in [0, 0.05) is 13.1 Å². The molecule has 0 fully saturated rings. The molecule has 0 aliphatic carbocycles. The van der Waals surface area contributed by atoms with E-state index in [1.54, 1.807) is 0 Å². The smallest absolute Gasteiger partial charge is 0.120 e. The molecule has 0 aliphatic heterocycles. The normalized spacial score (nSPS) is 11.8. The van der Waals surface area contributed by atoms with Crippen molar-refractivity contribution in [2.45, 2.75) is 38.7 Å². The molecule has 0 unspecified atom stereocenters. The van der Waals surface area contributed by atoms with Crippen LogP contribution in [0.2, 0.25) is 0 Å². The second kappa shape index (κ2) is 15.6. The highest BCUT2D eigenvalue weighted by Crippen LogP contribution is 2.23. The van der Waals surface area contributed by atoms with E-state index in [0.717, 1.165) is 54.1 Å². The molecule has 0 bridgehead atoms. The lowest BCUT2D eigenvalue weighted by molar-refractivity contribution is 0.108. The van der Waals surface area contributed by atoms with Crippen LogP contribution in [0.4, 0.5) is 0 Å². The van der Waals surface area contributed by atoms with Crippen LogP contribution in [0, 0.1) is 0 Å². The van der Waals surface area contributed by atoms with Gasteiger partial charge in [-0.15, -0.1) is 0 Å². The first-order chi connectivity index (χ1) is 20.7. The minimum absolute atomic E-state index is 0.501. The Morgan fingerprint density at radius 3 is 1.74 bits per heavy atom. The summed E-state index contributed by atoms with van der Waals surface area (Å²) < 4.78 is 12.0. The molecule has 0 spiro atoms. The molecule has 0 amide bonds. The first kappa shape index (κ1) is 29.1. The van der Waals surface area contributed by atoms with Gasteiger partial charge in [-0.2, -0.15) is 0 Å². The van der Waals surface area contributed by atoms with Gasteiger partial charge in [-0.3, -0.25) is 4.90 Å². The fraction of sp³-hybridized carbons (Fsp3) is 0.211. The number of benzene rings is 5. The molecule has 5 rings (SSSR count). The van der Waals surface area contributed by atoms with Gasteiger partial charge in [0.1, 0.15) is 24.7 Å². The molecule has 0 radical (unpaired) electrons. The maximum Gasteiger partial charge on any atom is 0.120 e. The largest absolute Gasteiger partial charge is 0.489 e. The van der Waals surface area contributed by atoms with Crippen molar-refractivity contribution >= 4 is 0 Å². The van der Waals surface area contributed by atoms with E-state index in [0.29, 0.717) is 19.8 Å². The number of rotatable bonds is 15. The Bertz CT molecular complexity index is 1460. The molecule has 4 heteroatoms. The van der Waals surface area contributed by atoms with Crippen LogP contribution in [-0.4, -0.2) is 23.1 Å². The number of aliphatic hydroxyl groups excluding tert-OH is 1. The first-order valence-electron chi connectivity index (χ1n) is 14.7. The highest BCUT2D eigenvalue weighted by molar-refractivity contribution is 5.31. The van der Waals surface area contributed by atoms with Crippen molar-refractivity contribution in [3.05, 3.63) is 167 Å². The second-order valence-corrected chi connectivity index (χ2v) is 10.6. The summed E-state index contributed by atoms with van der Waals surface area (Å²) in [5.74, 6) is 1.65. The van der Waals surface area contributed by atoms with Crippen molar-refractivity contribution in [3.63, 3.8) is 0 Å². The number of hydrogen-bond acceptors (Lipinski definition) is 4. The summed E-state index contributed by atoms with van der Waals surface area (Å²) >= 11 is 0. The summed E-state index contributed by atoms with van der Waals surface area (Å²) in [5.41, 5.74) is 5.67.